The molecule has 1 aromatic heterocycles. The van der Waals surface area contributed by atoms with E-state index in [1.165, 1.54) is 5.56 Å². The number of aromatic nitrogens is 1. The molecule has 0 aliphatic heterocycles. The molecule has 158 valence electrons. The van der Waals surface area contributed by atoms with Crippen LogP contribution in [0, 0.1) is 0 Å². The first-order valence-corrected chi connectivity index (χ1v) is 10.6. The van der Waals surface area contributed by atoms with E-state index in [9.17, 15) is 4.79 Å². The van der Waals surface area contributed by atoms with E-state index in [1.54, 1.807) is 12.1 Å². The lowest BCUT2D eigenvalue weighted by Gasteiger charge is -2.10. The molecule has 4 aromatic rings. The molecule has 0 atom stereocenters. The fourth-order valence-electron chi connectivity index (χ4n) is 3.36. The van der Waals surface area contributed by atoms with Crippen molar-refractivity contribution in [3.05, 3.63) is 89.3 Å². The van der Waals surface area contributed by atoms with Gasteiger partial charge in [0.1, 0.15) is 11.3 Å². The number of nitrogens with one attached hydrogen (secondary N) is 1. The molecule has 5 heteroatoms. The van der Waals surface area contributed by atoms with Crippen molar-refractivity contribution in [2.24, 2.45) is 0 Å². The summed E-state index contributed by atoms with van der Waals surface area (Å²) in [5.41, 5.74) is 5.33. The molecular formula is C26H26N2O3. The number of benzene rings is 3. The van der Waals surface area contributed by atoms with Gasteiger partial charge in [0.05, 0.1) is 6.10 Å². The number of nitrogens with zero attached hydrogens (tertiary/aromatic N) is 1. The van der Waals surface area contributed by atoms with Crippen LogP contribution in [0.4, 0.5) is 5.69 Å². The third kappa shape index (κ3) is 5.12. The summed E-state index contributed by atoms with van der Waals surface area (Å²) >= 11 is 0. The maximum atomic E-state index is 12.5. The van der Waals surface area contributed by atoms with E-state index in [1.807, 2.05) is 56.3 Å². The zero-order chi connectivity index (χ0) is 21.8. The van der Waals surface area contributed by atoms with E-state index in [0.29, 0.717) is 17.9 Å². The van der Waals surface area contributed by atoms with E-state index < -0.39 is 0 Å². The van der Waals surface area contributed by atoms with Gasteiger partial charge in [-0.2, -0.15) is 0 Å². The second-order valence-electron chi connectivity index (χ2n) is 7.78. The number of rotatable bonds is 7. The molecule has 0 aliphatic carbocycles. The van der Waals surface area contributed by atoms with E-state index in [-0.39, 0.29) is 12.0 Å². The van der Waals surface area contributed by atoms with Crippen LogP contribution in [0.25, 0.3) is 11.1 Å². The Hall–Kier alpha value is -3.60. The predicted molar refractivity (Wildman–Crippen MR) is 123 cm³/mol. The number of carbonyl (C=O) groups is 1. The summed E-state index contributed by atoms with van der Waals surface area (Å²) < 4.78 is 11.5. The highest BCUT2D eigenvalue weighted by atomic mass is 16.5. The standard InChI is InChI=1S/C26H26N2O3/c1-4-18-7-14-24-23(15-18)28-25(31-24)16-19-5-10-21(11-6-19)27-26(29)20-8-12-22(13-9-20)30-17(2)3/h5-15,17H,4,16H2,1-3H3,(H,27,29). The highest BCUT2D eigenvalue weighted by Crippen LogP contribution is 2.21. The molecular weight excluding hydrogens is 388 g/mol. The molecule has 0 spiro atoms. The molecule has 0 saturated heterocycles. The van der Waals surface area contributed by atoms with Gasteiger partial charge in [0.2, 0.25) is 0 Å². The fraction of sp³-hybridized carbons (Fsp3) is 0.231. The van der Waals surface area contributed by atoms with E-state index in [0.717, 1.165) is 34.5 Å². The lowest BCUT2D eigenvalue weighted by molar-refractivity contribution is 0.102. The Bertz CT molecular complexity index is 1180. The van der Waals surface area contributed by atoms with Crippen molar-refractivity contribution >= 4 is 22.7 Å². The molecule has 0 unspecified atom stereocenters. The van der Waals surface area contributed by atoms with Crippen LogP contribution in [0.2, 0.25) is 0 Å². The average molecular weight is 415 g/mol. The van der Waals surface area contributed by atoms with Crippen molar-refractivity contribution in [1.82, 2.24) is 4.98 Å². The average Bonchev–Trinajstić information content (AvgIpc) is 3.16. The number of anilines is 1. The second kappa shape index (κ2) is 9.04. The summed E-state index contributed by atoms with van der Waals surface area (Å²) in [4.78, 5) is 17.1. The van der Waals surface area contributed by atoms with Gasteiger partial charge < -0.3 is 14.5 Å². The summed E-state index contributed by atoms with van der Waals surface area (Å²) in [7, 11) is 0. The van der Waals surface area contributed by atoms with Gasteiger partial charge in [0, 0.05) is 17.7 Å². The first kappa shape index (κ1) is 20.7. The first-order valence-electron chi connectivity index (χ1n) is 10.6. The van der Waals surface area contributed by atoms with Crippen LogP contribution in [0.1, 0.15) is 48.1 Å². The van der Waals surface area contributed by atoms with E-state index >= 15 is 0 Å². The third-order valence-electron chi connectivity index (χ3n) is 4.96. The largest absolute Gasteiger partial charge is 0.491 e. The molecule has 0 saturated carbocycles. The highest BCUT2D eigenvalue weighted by molar-refractivity contribution is 6.04. The SMILES string of the molecule is CCc1ccc2oc(Cc3ccc(NC(=O)c4ccc(OC(C)C)cc4)cc3)nc2c1. The van der Waals surface area contributed by atoms with Gasteiger partial charge in [-0.05, 0) is 79.9 Å². The van der Waals surface area contributed by atoms with Gasteiger partial charge in [-0.15, -0.1) is 0 Å². The molecule has 4 rings (SSSR count). The van der Waals surface area contributed by atoms with Crippen LogP contribution in [0.5, 0.6) is 5.75 Å². The van der Waals surface area contributed by atoms with Crippen LogP contribution < -0.4 is 10.1 Å². The molecule has 1 amide bonds. The van der Waals surface area contributed by atoms with Crippen LogP contribution in [-0.4, -0.2) is 17.0 Å². The summed E-state index contributed by atoms with van der Waals surface area (Å²) in [6.45, 7) is 6.06. The number of hydrogen-bond acceptors (Lipinski definition) is 4. The molecule has 5 nitrogen and oxygen atoms in total. The monoisotopic (exact) mass is 414 g/mol. The molecule has 0 radical (unpaired) electrons. The van der Waals surface area contributed by atoms with Crippen LogP contribution in [0.3, 0.4) is 0 Å². The van der Waals surface area contributed by atoms with Crippen LogP contribution in [0.15, 0.2) is 71.1 Å². The smallest absolute Gasteiger partial charge is 0.255 e. The Morgan fingerprint density at radius 1 is 1.00 bits per heavy atom. The van der Waals surface area contributed by atoms with Gasteiger partial charge in [-0.1, -0.05) is 25.1 Å². The van der Waals surface area contributed by atoms with Crippen LogP contribution in [-0.2, 0) is 12.8 Å². The minimum Gasteiger partial charge on any atom is -0.491 e. The normalized spacial score (nSPS) is 11.1. The Kier molecular flexibility index (Phi) is 6.03. The Morgan fingerprint density at radius 3 is 2.39 bits per heavy atom. The molecule has 1 N–H and O–H groups in total. The Labute approximate surface area is 182 Å². The van der Waals surface area contributed by atoms with Gasteiger partial charge >= 0.3 is 0 Å². The van der Waals surface area contributed by atoms with Gasteiger partial charge in [0.15, 0.2) is 11.5 Å². The maximum absolute atomic E-state index is 12.5. The minimum atomic E-state index is -0.158. The van der Waals surface area contributed by atoms with E-state index in [4.69, 9.17) is 9.15 Å². The van der Waals surface area contributed by atoms with Crippen molar-refractivity contribution in [1.29, 1.82) is 0 Å². The Morgan fingerprint density at radius 2 is 1.71 bits per heavy atom. The summed E-state index contributed by atoms with van der Waals surface area (Å²) in [6, 6.07) is 21.0. The first-order chi connectivity index (χ1) is 15.0. The molecule has 3 aromatic carbocycles. The lowest BCUT2D eigenvalue weighted by atomic mass is 10.1. The highest BCUT2D eigenvalue weighted by Gasteiger charge is 2.09. The zero-order valence-corrected chi connectivity index (χ0v) is 18.0. The number of ether oxygens (including phenoxy) is 1. The quantitative estimate of drug-likeness (QED) is 0.402. The topological polar surface area (TPSA) is 64.4 Å². The van der Waals surface area contributed by atoms with Crippen molar-refractivity contribution in [3.8, 4) is 5.75 Å². The maximum Gasteiger partial charge on any atom is 0.255 e. The lowest BCUT2D eigenvalue weighted by Crippen LogP contribution is -2.12. The number of fused-ring (bicyclic) bond motifs is 1. The molecule has 0 bridgehead atoms. The molecule has 31 heavy (non-hydrogen) atoms. The predicted octanol–water partition coefficient (Wildman–Crippen LogP) is 6.02. The fourth-order valence-corrected chi connectivity index (χ4v) is 3.36. The number of carbonyl (C=O) groups excluding carboxylic acids is 1. The molecule has 1 heterocycles. The van der Waals surface area contributed by atoms with Crippen molar-refractivity contribution in [2.45, 2.75) is 39.7 Å². The van der Waals surface area contributed by atoms with Gasteiger partial charge in [-0.25, -0.2) is 4.98 Å². The minimum absolute atomic E-state index is 0.0989. The van der Waals surface area contributed by atoms with E-state index in [2.05, 4.69) is 29.4 Å². The summed E-state index contributed by atoms with van der Waals surface area (Å²) in [5, 5.41) is 2.92. The molecule has 0 fully saturated rings. The zero-order valence-electron chi connectivity index (χ0n) is 18.0. The van der Waals surface area contributed by atoms with Crippen molar-refractivity contribution < 1.29 is 13.9 Å². The van der Waals surface area contributed by atoms with Gasteiger partial charge in [0.25, 0.3) is 5.91 Å². The van der Waals surface area contributed by atoms with Gasteiger partial charge in [-0.3, -0.25) is 4.79 Å². The van der Waals surface area contributed by atoms with Crippen LogP contribution >= 0.6 is 0 Å². The number of amides is 1. The number of oxazole rings is 1. The second-order valence-corrected chi connectivity index (χ2v) is 7.78. The summed E-state index contributed by atoms with van der Waals surface area (Å²) in [6.07, 6.45) is 1.67. The third-order valence-corrected chi connectivity index (χ3v) is 4.96. The van der Waals surface area contributed by atoms with Crippen molar-refractivity contribution in [2.75, 3.05) is 5.32 Å². The summed E-state index contributed by atoms with van der Waals surface area (Å²) in [5.74, 6) is 1.28. The molecule has 0 aliphatic rings. The van der Waals surface area contributed by atoms with Crippen molar-refractivity contribution in [3.63, 3.8) is 0 Å². The number of aryl methyl sites for hydroxylation is 1. The number of hydrogen-bond donors (Lipinski definition) is 1. The Balaban J connectivity index is 1.39.